The van der Waals surface area contributed by atoms with Gasteiger partial charge in [0.25, 0.3) is 5.91 Å². The lowest BCUT2D eigenvalue weighted by Crippen LogP contribution is -2.47. The van der Waals surface area contributed by atoms with E-state index < -0.39 is 0 Å². The molecular weight excluding hydrogens is 382 g/mol. The van der Waals surface area contributed by atoms with Crippen molar-refractivity contribution in [1.82, 2.24) is 19.8 Å². The summed E-state index contributed by atoms with van der Waals surface area (Å²) in [5.41, 5.74) is 0.556. The van der Waals surface area contributed by atoms with Crippen LogP contribution in [0.15, 0.2) is 49.1 Å². The summed E-state index contributed by atoms with van der Waals surface area (Å²) < 4.78 is 10.8. The molecule has 8 nitrogen and oxygen atoms in total. The van der Waals surface area contributed by atoms with Crippen LogP contribution in [0.4, 0.5) is 5.95 Å². The van der Waals surface area contributed by atoms with Crippen molar-refractivity contribution in [2.45, 2.75) is 12.8 Å². The van der Waals surface area contributed by atoms with Gasteiger partial charge in [0, 0.05) is 57.4 Å². The van der Waals surface area contributed by atoms with Crippen LogP contribution < -0.4 is 14.4 Å². The Morgan fingerprint density at radius 1 is 1.07 bits per heavy atom. The number of fused-ring (bicyclic) bond motifs is 1. The number of carbonyl (C=O) groups excluding carboxylic acids is 1. The molecule has 3 heterocycles. The van der Waals surface area contributed by atoms with Crippen molar-refractivity contribution in [3.05, 3.63) is 54.7 Å². The minimum Gasteiger partial charge on any atom is -0.497 e. The molecule has 0 atom stereocenters. The summed E-state index contributed by atoms with van der Waals surface area (Å²) in [6, 6.07) is 7.11. The van der Waals surface area contributed by atoms with Crippen LogP contribution in [-0.2, 0) is 0 Å². The molecule has 2 aromatic rings. The fourth-order valence-corrected chi connectivity index (χ4v) is 3.72. The molecule has 0 radical (unpaired) electrons. The summed E-state index contributed by atoms with van der Waals surface area (Å²) in [6.07, 6.45) is 8.82. The van der Waals surface area contributed by atoms with E-state index in [4.69, 9.17) is 9.47 Å². The summed E-state index contributed by atoms with van der Waals surface area (Å²) in [5, 5.41) is 0. The number of hydrogen-bond acceptors (Lipinski definition) is 7. The third-order valence-electron chi connectivity index (χ3n) is 5.45. The van der Waals surface area contributed by atoms with Gasteiger partial charge < -0.3 is 19.3 Å². The standard InChI is InChI=1S/C22H27N5O3/c1-29-18-5-6-19-20(17-18)30-16-15-26(21(19)28)10-3-2-9-25-11-13-27(14-12-25)22-23-7-4-8-24-22/h4-8,15-17H,2-3,9-14H2,1H3. The monoisotopic (exact) mass is 409 g/mol. The maximum atomic E-state index is 12.8. The molecule has 1 aromatic heterocycles. The largest absolute Gasteiger partial charge is 0.497 e. The average molecular weight is 409 g/mol. The highest BCUT2D eigenvalue weighted by molar-refractivity contribution is 5.98. The van der Waals surface area contributed by atoms with Gasteiger partial charge in [-0.05, 0) is 37.6 Å². The molecule has 0 aliphatic carbocycles. The molecule has 2 aliphatic heterocycles. The fourth-order valence-electron chi connectivity index (χ4n) is 3.72. The van der Waals surface area contributed by atoms with Crippen LogP contribution in [0.25, 0.3) is 0 Å². The minimum atomic E-state index is -0.0436. The molecule has 158 valence electrons. The summed E-state index contributed by atoms with van der Waals surface area (Å²) in [7, 11) is 1.59. The second-order valence-electron chi connectivity index (χ2n) is 7.35. The lowest BCUT2D eigenvalue weighted by Gasteiger charge is -2.34. The van der Waals surface area contributed by atoms with Crippen LogP contribution in [0.3, 0.4) is 0 Å². The highest BCUT2D eigenvalue weighted by Gasteiger charge is 2.22. The van der Waals surface area contributed by atoms with Gasteiger partial charge in [-0.25, -0.2) is 9.97 Å². The number of aromatic nitrogens is 2. The Balaban J connectivity index is 1.22. The van der Waals surface area contributed by atoms with E-state index in [9.17, 15) is 4.79 Å². The number of unbranched alkanes of at least 4 members (excludes halogenated alkanes) is 1. The zero-order valence-corrected chi connectivity index (χ0v) is 17.2. The molecule has 0 bridgehead atoms. The number of anilines is 1. The molecule has 4 rings (SSSR count). The quantitative estimate of drug-likeness (QED) is 0.650. The fraction of sp³-hybridized carbons (Fsp3) is 0.409. The highest BCUT2D eigenvalue weighted by Crippen LogP contribution is 2.28. The van der Waals surface area contributed by atoms with Crippen LogP contribution in [0, 0.1) is 0 Å². The topological polar surface area (TPSA) is 71.0 Å². The van der Waals surface area contributed by atoms with Crippen molar-refractivity contribution in [1.29, 1.82) is 0 Å². The number of piperazine rings is 1. The number of rotatable bonds is 7. The third-order valence-corrected chi connectivity index (χ3v) is 5.45. The second-order valence-corrected chi connectivity index (χ2v) is 7.35. The van der Waals surface area contributed by atoms with Crippen LogP contribution >= 0.6 is 0 Å². The van der Waals surface area contributed by atoms with Crippen molar-refractivity contribution in [3.63, 3.8) is 0 Å². The van der Waals surface area contributed by atoms with Crippen molar-refractivity contribution >= 4 is 11.9 Å². The number of ether oxygens (including phenoxy) is 2. The van der Waals surface area contributed by atoms with Crippen molar-refractivity contribution in [2.24, 2.45) is 0 Å². The molecule has 0 N–H and O–H groups in total. The van der Waals surface area contributed by atoms with Gasteiger partial charge in [0.15, 0.2) is 0 Å². The number of methoxy groups -OCH3 is 1. The van der Waals surface area contributed by atoms with Gasteiger partial charge in [-0.1, -0.05) is 0 Å². The van der Waals surface area contributed by atoms with Gasteiger partial charge in [-0.15, -0.1) is 0 Å². The smallest absolute Gasteiger partial charge is 0.261 e. The third kappa shape index (κ3) is 4.71. The highest BCUT2D eigenvalue weighted by atomic mass is 16.5. The Kier molecular flexibility index (Phi) is 6.44. The summed E-state index contributed by atoms with van der Waals surface area (Å²) >= 11 is 0. The van der Waals surface area contributed by atoms with E-state index in [1.54, 1.807) is 55.1 Å². The number of nitrogens with zero attached hydrogens (tertiary/aromatic N) is 5. The lowest BCUT2D eigenvalue weighted by molar-refractivity contribution is 0.0820. The van der Waals surface area contributed by atoms with E-state index in [0.29, 0.717) is 23.6 Å². The summed E-state index contributed by atoms with van der Waals surface area (Å²) in [6.45, 7) is 5.58. The van der Waals surface area contributed by atoms with Gasteiger partial charge in [0.2, 0.25) is 5.95 Å². The lowest BCUT2D eigenvalue weighted by atomic mass is 10.1. The van der Waals surface area contributed by atoms with Crippen LogP contribution in [-0.4, -0.2) is 72.1 Å². The second kappa shape index (κ2) is 9.58. The first-order valence-electron chi connectivity index (χ1n) is 10.3. The maximum absolute atomic E-state index is 12.8. The Labute approximate surface area is 176 Å². The Hall–Kier alpha value is -3.13. The predicted octanol–water partition coefficient (Wildman–Crippen LogP) is 2.39. The average Bonchev–Trinajstić information content (AvgIpc) is 2.96. The molecular formula is C22H27N5O3. The van der Waals surface area contributed by atoms with E-state index in [1.165, 1.54) is 0 Å². The molecule has 2 aliphatic rings. The van der Waals surface area contributed by atoms with Crippen LogP contribution in [0.1, 0.15) is 23.2 Å². The zero-order chi connectivity index (χ0) is 20.8. The van der Waals surface area contributed by atoms with Gasteiger partial charge in [0.1, 0.15) is 17.8 Å². The summed E-state index contributed by atoms with van der Waals surface area (Å²) in [4.78, 5) is 27.9. The number of amides is 1. The molecule has 1 fully saturated rings. The first-order chi connectivity index (χ1) is 14.7. The van der Waals surface area contributed by atoms with E-state index in [0.717, 1.165) is 51.5 Å². The minimum absolute atomic E-state index is 0.0436. The van der Waals surface area contributed by atoms with E-state index >= 15 is 0 Å². The Bertz CT molecular complexity index is 882. The van der Waals surface area contributed by atoms with Gasteiger partial charge in [-0.2, -0.15) is 0 Å². The summed E-state index contributed by atoms with van der Waals surface area (Å²) in [5.74, 6) is 1.96. The van der Waals surface area contributed by atoms with Gasteiger partial charge >= 0.3 is 0 Å². The number of hydrogen-bond donors (Lipinski definition) is 0. The van der Waals surface area contributed by atoms with Crippen molar-refractivity contribution in [2.75, 3.05) is 51.3 Å². The van der Waals surface area contributed by atoms with E-state index in [2.05, 4.69) is 19.8 Å². The van der Waals surface area contributed by atoms with Gasteiger partial charge in [-0.3, -0.25) is 9.69 Å². The van der Waals surface area contributed by atoms with E-state index in [-0.39, 0.29) is 5.91 Å². The molecule has 0 saturated carbocycles. The maximum Gasteiger partial charge on any atom is 0.261 e. The van der Waals surface area contributed by atoms with Crippen LogP contribution in [0.2, 0.25) is 0 Å². The molecule has 1 aromatic carbocycles. The predicted molar refractivity (Wildman–Crippen MR) is 114 cm³/mol. The first-order valence-corrected chi connectivity index (χ1v) is 10.3. The molecule has 8 heteroatoms. The zero-order valence-electron chi connectivity index (χ0n) is 17.2. The molecule has 0 unspecified atom stereocenters. The van der Waals surface area contributed by atoms with Gasteiger partial charge in [0.05, 0.1) is 12.7 Å². The molecule has 1 amide bonds. The SMILES string of the molecule is COc1ccc2c(c1)OC=CN(CCCCN1CCN(c3ncccn3)CC1)C2=O. The normalized spacial score (nSPS) is 16.8. The molecule has 1 saturated heterocycles. The molecule has 30 heavy (non-hydrogen) atoms. The Morgan fingerprint density at radius 2 is 1.83 bits per heavy atom. The Morgan fingerprint density at radius 3 is 2.60 bits per heavy atom. The first kappa shape index (κ1) is 20.2. The number of carbonyl (C=O) groups is 1. The van der Waals surface area contributed by atoms with Crippen LogP contribution in [0.5, 0.6) is 11.5 Å². The molecule has 0 spiro atoms. The number of benzene rings is 1. The van der Waals surface area contributed by atoms with Crippen molar-refractivity contribution in [3.8, 4) is 11.5 Å². The van der Waals surface area contributed by atoms with E-state index in [1.807, 2.05) is 6.07 Å². The van der Waals surface area contributed by atoms with Crippen molar-refractivity contribution < 1.29 is 14.3 Å².